The molecule has 2 unspecified atom stereocenters. The van der Waals surface area contributed by atoms with Crippen LogP contribution in [0.4, 0.5) is 0 Å². The Hall–Kier alpha value is -0.820. The van der Waals surface area contributed by atoms with Crippen LogP contribution in [0.2, 0.25) is 0 Å². The van der Waals surface area contributed by atoms with Crippen molar-refractivity contribution in [1.29, 1.82) is 0 Å². The van der Waals surface area contributed by atoms with E-state index in [4.69, 9.17) is 0 Å². The molecule has 132 valence electrons. The molecule has 1 saturated heterocycles. The summed E-state index contributed by atoms with van der Waals surface area (Å²) in [6.45, 7) is 13.3. The topological polar surface area (TPSA) is 32.3 Å². The fourth-order valence-corrected chi connectivity index (χ4v) is 5.16. The van der Waals surface area contributed by atoms with Gasteiger partial charge in [0.1, 0.15) is 0 Å². The first kappa shape index (κ1) is 18.0. The normalized spacial score (nSPS) is 23.0. The van der Waals surface area contributed by atoms with Crippen molar-refractivity contribution in [2.75, 3.05) is 13.1 Å². The highest BCUT2D eigenvalue weighted by molar-refractivity contribution is 7.10. The van der Waals surface area contributed by atoms with Crippen LogP contribution in [0.25, 0.3) is 0 Å². The van der Waals surface area contributed by atoms with E-state index < -0.39 is 0 Å². The van der Waals surface area contributed by atoms with Crippen molar-refractivity contribution < 1.29 is 0 Å². The molecule has 2 aromatic rings. The summed E-state index contributed by atoms with van der Waals surface area (Å²) >= 11 is 3.60. The monoisotopic (exact) mass is 364 g/mol. The maximum absolute atomic E-state index is 4.42. The van der Waals surface area contributed by atoms with Gasteiger partial charge in [-0.2, -0.15) is 0 Å². The van der Waals surface area contributed by atoms with Gasteiger partial charge in [0.25, 0.3) is 0 Å². The van der Waals surface area contributed by atoms with E-state index >= 15 is 0 Å². The molecule has 0 saturated carbocycles. The van der Waals surface area contributed by atoms with Crippen LogP contribution in [0.5, 0.6) is 0 Å². The zero-order valence-electron chi connectivity index (χ0n) is 15.2. The highest BCUT2D eigenvalue weighted by Crippen LogP contribution is 2.26. The van der Waals surface area contributed by atoms with E-state index in [0.717, 1.165) is 26.2 Å². The van der Waals surface area contributed by atoms with Gasteiger partial charge in [0, 0.05) is 48.0 Å². The Labute approximate surface area is 153 Å². The number of nitrogens with zero attached hydrogens (tertiary/aromatic N) is 4. The minimum atomic E-state index is 0.627. The lowest BCUT2D eigenvalue weighted by Crippen LogP contribution is -2.57. The van der Waals surface area contributed by atoms with E-state index in [1.807, 2.05) is 11.0 Å². The van der Waals surface area contributed by atoms with Crippen molar-refractivity contribution in [3.05, 3.63) is 32.2 Å². The molecule has 2 aromatic heterocycles. The van der Waals surface area contributed by atoms with Gasteiger partial charge in [-0.1, -0.05) is 13.8 Å². The average Bonchev–Trinajstić information content (AvgIpc) is 3.17. The first-order valence-electron chi connectivity index (χ1n) is 8.88. The second kappa shape index (κ2) is 8.04. The first-order valence-corrected chi connectivity index (χ1v) is 10.6. The third kappa shape index (κ3) is 3.87. The maximum Gasteiger partial charge on any atom is 0.0798 e. The summed E-state index contributed by atoms with van der Waals surface area (Å²) in [6, 6.07) is 1.25. The second-order valence-corrected chi connectivity index (χ2v) is 8.58. The largest absolute Gasteiger partial charge is 0.292 e. The molecule has 0 aromatic carbocycles. The molecule has 0 aliphatic carbocycles. The van der Waals surface area contributed by atoms with Gasteiger partial charge in [0.2, 0.25) is 0 Å². The van der Waals surface area contributed by atoms with Crippen LogP contribution < -0.4 is 0 Å². The SMILES string of the molecule is CCC1CN(Cc2scnc2C)C(CC)CN1Cc1scnc1C. The highest BCUT2D eigenvalue weighted by Gasteiger charge is 2.32. The molecule has 6 heteroatoms. The number of hydrogen-bond acceptors (Lipinski definition) is 6. The Morgan fingerprint density at radius 2 is 1.29 bits per heavy atom. The van der Waals surface area contributed by atoms with Crippen molar-refractivity contribution in [1.82, 2.24) is 19.8 Å². The number of aryl methyl sites for hydroxylation is 2. The van der Waals surface area contributed by atoms with E-state index in [0.29, 0.717) is 12.1 Å². The van der Waals surface area contributed by atoms with E-state index in [1.165, 1.54) is 34.0 Å². The molecule has 3 heterocycles. The highest BCUT2D eigenvalue weighted by atomic mass is 32.1. The molecule has 0 spiro atoms. The summed E-state index contributed by atoms with van der Waals surface area (Å²) in [5.41, 5.74) is 6.36. The number of aromatic nitrogens is 2. The van der Waals surface area contributed by atoms with Crippen molar-refractivity contribution in [3.63, 3.8) is 0 Å². The fraction of sp³-hybridized carbons (Fsp3) is 0.667. The smallest absolute Gasteiger partial charge is 0.0798 e. The predicted molar refractivity (Wildman–Crippen MR) is 103 cm³/mol. The van der Waals surface area contributed by atoms with E-state index in [9.17, 15) is 0 Å². The number of thiazole rings is 2. The van der Waals surface area contributed by atoms with Gasteiger partial charge >= 0.3 is 0 Å². The van der Waals surface area contributed by atoms with Gasteiger partial charge in [-0.3, -0.25) is 9.80 Å². The molecule has 2 atom stereocenters. The molecule has 0 amide bonds. The van der Waals surface area contributed by atoms with E-state index in [1.54, 1.807) is 22.7 Å². The Morgan fingerprint density at radius 1 is 0.875 bits per heavy atom. The molecule has 3 rings (SSSR count). The number of hydrogen-bond donors (Lipinski definition) is 0. The van der Waals surface area contributed by atoms with Gasteiger partial charge in [0.05, 0.1) is 22.4 Å². The summed E-state index contributed by atoms with van der Waals surface area (Å²) in [4.78, 5) is 17.1. The van der Waals surface area contributed by atoms with Crippen LogP contribution in [0.3, 0.4) is 0 Å². The van der Waals surface area contributed by atoms with Gasteiger partial charge < -0.3 is 0 Å². The average molecular weight is 365 g/mol. The summed E-state index contributed by atoms with van der Waals surface area (Å²) < 4.78 is 0. The molecule has 0 N–H and O–H groups in total. The summed E-state index contributed by atoms with van der Waals surface area (Å²) in [5, 5.41) is 0. The molecule has 1 aliphatic heterocycles. The lowest BCUT2D eigenvalue weighted by Gasteiger charge is -2.46. The molecule has 0 bridgehead atoms. The Balaban J connectivity index is 1.72. The number of piperazine rings is 1. The summed E-state index contributed by atoms with van der Waals surface area (Å²) in [7, 11) is 0. The van der Waals surface area contributed by atoms with Crippen LogP contribution >= 0.6 is 22.7 Å². The van der Waals surface area contributed by atoms with Crippen molar-refractivity contribution in [2.45, 2.75) is 65.7 Å². The minimum Gasteiger partial charge on any atom is -0.292 e. The third-order valence-electron chi connectivity index (χ3n) is 5.25. The van der Waals surface area contributed by atoms with Gasteiger partial charge in [-0.05, 0) is 26.7 Å². The molecule has 0 radical (unpaired) electrons. The van der Waals surface area contributed by atoms with Crippen LogP contribution in [0.15, 0.2) is 11.0 Å². The number of rotatable bonds is 6. The molecule has 1 aliphatic rings. The van der Waals surface area contributed by atoms with Crippen LogP contribution in [-0.2, 0) is 13.1 Å². The zero-order chi connectivity index (χ0) is 17.1. The fourth-order valence-electron chi connectivity index (χ4n) is 3.56. The molecular formula is C18H28N4S2. The lowest BCUT2D eigenvalue weighted by atomic mass is 10.0. The van der Waals surface area contributed by atoms with Crippen LogP contribution in [-0.4, -0.2) is 44.9 Å². The Morgan fingerprint density at radius 3 is 1.58 bits per heavy atom. The lowest BCUT2D eigenvalue weighted by molar-refractivity contribution is 0.0159. The van der Waals surface area contributed by atoms with Gasteiger partial charge in [-0.25, -0.2) is 9.97 Å². The van der Waals surface area contributed by atoms with Crippen molar-refractivity contribution >= 4 is 22.7 Å². The van der Waals surface area contributed by atoms with Gasteiger partial charge in [-0.15, -0.1) is 22.7 Å². The second-order valence-electron chi connectivity index (χ2n) is 6.70. The zero-order valence-corrected chi connectivity index (χ0v) is 16.8. The van der Waals surface area contributed by atoms with Gasteiger partial charge in [0.15, 0.2) is 0 Å². The van der Waals surface area contributed by atoms with E-state index in [-0.39, 0.29) is 0 Å². The Bertz CT molecular complexity index is 595. The quantitative estimate of drug-likeness (QED) is 0.773. The minimum absolute atomic E-state index is 0.627. The van der Waals surface area contributed by atoms with Crippen molar-refractivity contribution in [2.24, 2.45) is 0 Å². The van der Waals surface area contributed by atoms with E-state index in [2.05, 4.69) is 47.5 Å². The molecule has 1 fully saturated rings. The molecular weight excluding hydrogens is 336 g/mol. The molecule has 4 nitrogen and oxygen atoms in total. The molecule has 24 heavy (non-hydrogen) atoms. The predicted octanol–water partition coefficient (Wildman–Crippen LogP) is 4.09. The Kier molecular flexibility index (Phi) is 6.02. The first-order chi connectivity index (χ1) is 11.6. The summed E-state index contributed by atoms with van der Waals surface area (Å²) in [5.74, 6) is 0. The standard InChI is InChI=1S/C18H28N4S2/c1-5-15-7-22(10-18-14(4)20-12-24-18)16(6-2)8-21(15)9-17-13(3)19-11-23-17/h11-12,15-16H,5-10H2,1-4H3. The maximum atomic E-state index is 4.42. The van der Waals surface area contributed by atoms with Crippen LogP contribution in [0, 0.1) is 13.8 Å². The summed E-state index contributed by atoms with van der Waals surface area (Å²) in [6.07, 6.45) is 2.40. The van der Waals surface area contributed by atoms with Crippen LogP contribution in [0.1, 0.15) is 47.8 Å². The van der Waals surface area contributed by atoms with Crippen molar-refractivity contribution in [3.8, 4) is 0 Å². The third-order valence-corrected chi connectivity index (χ3v) is 7.09.